The summed E-state index contributed by atoms with van der Waals surface area (Å²) in [4.78, 5) is 9.21. The summed E-state index contributed by atoms with van der Waals surface area (Å²) in [6, 6.07) is 8.83. The summed E-state index contributed by atoms with van der Waals surface area (Å²) in [7, 11) is 0. The van der Waals surface area contributed by atoms with Crippen molar-refractivity contribution in [3.63, 3.8) is 0 Å². The van der Waals surface area contributed by atoms with Gasteiger partial charge < -0.3 is 0 Å². The van der Waals surface area contributed by atoms with Gasteiger partial charge in [0, 0.05) is 12.4 Å². The quantitative estimate of drug-likeness (QED) is 0.244. The summed E-state index contributed by atoms with van der Waals surface area (Å²) in [5.41, 5.74) is 4.84. The van der Waals surface area contributed by atoms with Gasteiger partial charge in [-0.3, -0.25) is 9.97 Å². The van der Waals surface area contributed by atoms with Gasteiger partial charge in [0.15, 0.2) is 0 Å². The molecule has 0 saturated heterocycles. The minimum absolute atomic E-state index is 1.02. The first-order valence-corrected chi connectivity index (χ1v) is 12.7. The van der Waals surface area contributed by atoms with Gasteiger partial charge in [0.25, 0.3) is 0 Å². The van der Waals surface area contributed by atoms with Crippen LogP contribution in [0.2, 0.25) is 0 Å². The lowest BCUT2D eigenvalue weighted by Crippen LogP contribution is -1.94. The Morgan fingerprint density at radius 3 is 1.27 bits per heavy atom. The maximum absolute atomic E-state index is 4.60. The highest BCUT2D eigenvalue weighted by atomic mass is 14.8. The second-order valence-corrected chi connectivity index (χ2v) is 8.84. The average molecular weight is 409 g/mol. The van der Waals surface area contributed by atoms with Gasteiger partial charge >= 0.3 is 0 Å². The van der Waals surface area contributed by atoms with Crippen LogP contribution >= 0.6 is 0 Å². The predicted molar refractivity (Wildman–Crippen MR) is 131 cm³/mol. The standard InChI is InChI=1S/C28H44N2/c1-3-5-7-9-11-12-14-16-18-26-20-22-30-28(24-26)27-23-25(19-21-29-27)17-15-13-10-8-6-4-2/h19-24H,3-18H2,1-2H3. The Hall–Kier alpha value is -1.70. The summed E-state index contributed by atoms with van der Waals surface area (Å²) < 4.78 is 0. The number of rotatable bonds is 17. The molecule has 0 aliphatic heterocycles. The van der Waals surface area contributed by atoms with E-state index in [1.807, 2.05) is 12.4 Å². The third-order valence-corrected chi connectivity index (χ3v) is 6.05. The SMILES string of the molecule is CCCCCCCCCCc1ccnc(-c2cc(CCCCCCCC)ccn2)c1. The summed E-state index contributed by atoms with van der Waals surface area (Å²) in [5, 5.41) is 0. The van der Waals surface area contributed by atoms with E-state index in [-0.39, 0.29) is 0 Å². The zero-order chi connectivity index (χ0) is 21.3. The predicted octanol–water partition coefficient (Wildman–Crippen LogP) is 8.73. The van der Waals surface area contributed by atoms with E-state index in [4.69, 9.17) is 0 Å². The van der Waals surface area contributed by atoms with Crippen LogP contribution in [0.3, 0.4) is 0 Å². The first-order valence-electron chi connectivity index (χ1n) is 12.7. The molecule has 2 heteroatoms. The molecule has 30 heavy (non-hydrogen) atoms. The van der Waals surface area contributed by atoms with E-state index < -0.39 is 0 Å². The minimum Gasteiger partial charge on any atom is -0.255 e. The molecule has 2 rings (SSSR count). The van der Waals surface area contributed by atoms with Gasteiger partial charge in [-0.15, -0.1) is 0 Å². The Kier molecular flexibility index (Phi) is 13.1. The Labute approximate surface area is 185 Å². The summed E-state index contributed by atoms with van der Waals surface area (Å²) in [5.74, 6) is 0. The molecule has 0 unspecified atom stereocenters. The molecule has 0 fully saturated rings. The van der Waals surface area contributed by atoms with Crippen molar-refractivity contribution in [1.29, 1.82) is 0 Å². The minimum atomic E-state index is 1.02. The van der Waals surface area contributed by atoms with Crippen LogP contribution in [0.5, 0.6) is 0 Å². The zero-order valence-corrected chi connectivity index (χ0v) is 19.7. The van der Waals surface area contributed by atoms with Crippen LogP contribution < -0.4 is 0 Å². The molecule has 0 aromatic carbocycles. The fraction of sp³-hybridized carbons (Fsp3) is 0.643. The Morgan fingerprint density at radius 1 is 0.500 bits per heavy atom. The van der Waals surface area contributed by atoms with E-state index in [1.54, 1.807) is 0 Å². The summed E-state index contributed by atoms with van der Waals surface area (Å²) in [6.07, 6.45) is 25.2. The van der Waals surface area contributed by atoms with E-state index in [9.17, 15) is 0 Å². The zero-order valence-electron chi connectivity index (χ0n) is 19.7. The lowest BCUT2D eigenvalue weighted by Gasteiger charge is -2.07. The smallest absolute Gasteiger partial charge is 0.0888 e. The molecular weight excluding hydrogens is 364 g/mol. The Morgan fingerprint density at radius 2 is 0.867 bits per heavy atom. The fourth-order valence-electron chi connectivity index (χ4n) is 4.11. The third-order valence-electron chi connectivity index (χ3n) is 6.05. The summed E-state index contributed by atoms with van der Waals surface area (Å²) in [6.45, 7) is 4.56. The lowest BCUT2D eigenvalue weighted by atomic mass is 10.0. The fourth-order valence-corrected chi connectivity index (χ4v) is 4.11. The molecule has 0 N–H and O–H groups in total. The Bertz CT molecular complexity index is 680. The molecule has 0 aliphatic rings. The first kappa shape index (κ1) is 24.6. The largest absolute Gasteiger partial charge is 0.255 e. The highest BCUT2D eigenvalue weighted by Gasteiger charge is 2.05. The first-order chi connectivity index (χ1) is 14.8. The second-order valence-electron chi connectivity index (χ2n) is 8.84. The summed E-state index contributed by atoms with van der Waals surface area (Å²) >= 11 is 0. The monoisotopic (exact) mass is 408 g/mol. The van der Waals surface area contributed by atoms with Crippen LogP contribution in [-0.2, 0) is 12.8 Å². The number of aromatic nitrogens is 2. The molecule has 0 saturated carbocycles. The highest BCUT2D eigenvalue weighted by Crippen LogP contribution is 2.19. The molecule has 166 valence electrons. The van der Waals surface area contributed by atoms with Crippen molar-refractivity contribution in [2.75, 3.05) is 0 Å². The molecule has 2 aromatic rings. The van der Waals surface area contributed by atoms with E-state index in [0.717, 1.165) is 24.2 Å². The van der Waals surface area contributed by atoms with Crippen LogP contribution in [0, 0.1) is 0 Å². The van der Waals surface area contributed by atoms with E-state index in [1.165, 1.54) is 101 Å². The number of aryl methyl sites for hydroxylation is 2. The van der Waals surface area contributed by atoms with Crippen molar-refractivity contribution in [3.05, 3.63) is 47.8 Å². The van der Waals surface area contributed by atoms with Gasteiger partial charge in [-0.2, -0.15) is 0 Å². The van der Waals surface area contributed by atoms with Crippen LogP contribution in [0.15, 0.2) is 36.7 Å². The average Bonchev–Trinajstić information content (AvgIpc) is 2.78. The number of hydrogen-bond donors (Lipinski definition) is 0. The normalized spacial score (nSPS) is 11.1. The van der Waals surface area contributed by atoms with Gasteiger partial charge in [0.1, 0.15) is 0 Å². The molecule has 2 heterocycles. The van der Waals surface area contributed by atoms with Gasteiger partial charge in [0.2, 0.25) is 0 Å². The maximum Gasteiger partial charge on any atom is 0.0888 e. The third kappa shape index (κ3) is 10.4. The van der Waals surface area contributed by atoms with Crippen molar-refractivity contribution in [1.82, 2.24) is 9.97 Å². The lowest BCUT2D eigenvalue weighted by molar-refractivity contribution is 0.575. The molecule has 0 aliphatic carbocycles. The van der Waals surface area contributed by atoms with Crippen molar-refractivity contribution < 1.29 is 0 Å². The van der Waals surface area contributed by atoms with Gasteiger partial charge in [0.05, 0.1) is 11.4 Å². The number of hydrogen-bond acceptors (Lipinski definition) is 2. The van der Waals surface area contributed by atoms with Crippen molar-refractivity contribution in [2.24, 2.45) is 0 Å². The maximum atomic E-state index is 4.60. The van der Waals surface area contributed by atoms with Crippen molar-refractivity contribution in [2.45, 2.75) is 117 Å². The van der Waals surface area contributed by atoms with E-state index in [0.29, 0.717) is 0 Å². The topological polar surface area (TPSA) is 25.8 Å². The van der Waals surface area contributed by atoms with E-state index >= 15 is 0 Å². The highest BCUT2D eigenvalue weighted by molar-refractivity contribution is 5.55. The number of nitrogens with zero attached hydrogens (tertiary/aromatic N) is 2. The molecule has 2 aromatic heterocycles. The molecule has 0 radical (unpaired) electrons. The van der Waals surface area contributed by atoms with Gasteiger partial charge in [-0.25, -0.2) is 0 Å². The van der Waals surface area contributed by atoms with Crippen molar-refractivity contribution >= 4 is 0 Å². The van der Waals surface area contributed by atoms with Crippen LogP contribution in [0.4, 0.5) is 0 Å². The second kappa shape index (κ2) is 16.1. The van der Waals surface area contributed by atoms with E-state index in [2.05, 4.69) is 48.1 Å². The number of pyridine rings is 2. The van der Waals surface area contributed by atoms with Crippen molar-refractivity contribution in [3.8, 4) is 11.4 Å². The molecule has 0 spiro atoms. The van der Waals surface area contributed by atoms with Gasteiger partial charge in [-0.05, 0) is 61.1 Å². The molecule has 0 bridgehead atoms. The van der Waals surface area contributed by atoms with Crippen LogP contribution in [-0.4, -0.2) is 9.97 Å². The Balaban J connectivity index is 1.75. The van der Waals surface area contributed by atoms with Crippen LogP contribution in [0.25, 0.3) is 11.4 Å². The molecule has 2 nitrogen and oxygen atoms in total. The van der Waals surface area contributed by atoms with Crippen LogP contribution in [0.1, 0.15) is 115 Å². The molecule has 0 atom stereocenters. The molecular formula is C28H44N2. The molecule has 0 amide bonds. The number of unbranched alkanes of at least 4 members (excludes halogenated alkanes) is 12. The van der Waals surface area contributed by atoms with Gasteiger partial charge in [-0.1, -0.05) is 90.9 Å².